The maximum absolute atomic E-state index is 4.43. The molecule has 0 saturated heterocycles. The number of hydrogen-bond donors (Lipinski definition) is 1. The molecule has 1 aliphatic rings. The summed E-state index contributed by atoms with van der Waals surface area (Å²) in [6.07, 6.45) is 7.11. The van der Waals surface area contributed by atoms with Gasteiger partial charge in [-0.25, -0.2) is 4.98 Å². The number of nitrogens with one attached hydrogen (secondary N) is 1. The predicted molar refractivity (Wildman–Crippen MR) is 69.8 cm³/mol. The van der Waals surface area contributed by atoms with Gasteiger partial charge in [-0.3, -0.25) is 0 Å². The SMILES string of the molecule is CCCNCC(C)(Cc1nccs1)C1CC1. The topological polar surface area (TPSA) is 24.9 Å². The third-order valence-electron chi connectivity index (χ3n) is 3.56. The highest BCUT2D eigenvalue weighted by atomic mass is 32.1. The highest BCUT2D eigenvalue weighted by Crippen LogP contribution is 2.47. The van der Waals surface area contributed by atoms with Gasteiger partial charge in [0.2, 0.25) is 0 Å². The summed E-state index contributed by atoms with van der Waals surface area (Å²) in [6.45, 7) is 6.93. The molecule has 1 saturated carbocycles. The van der Waals surface area contributed by atoms with E-state index in [4.69, 9.17) is 0 Å². The van der Waals surface area contributed by atoms with Crippen molar-refractivity contribution in [1.29, 1.82) is 0 Å². The Bertz CT molecular complexity index is 306. The summed E-state index contributed by atoms with van der Waals surface area (Å²) in [7, 11) is 0. The fourth-order valence-corrected chi connectivity index (χ4v) is 3.18. The molecule has 3 heteroatoms. The smallest absolute Gasteiger partial charge is 0.0930 e. The van der Waals surface area contributed by atoms with Gasteiger partial charge in [-0.2, -0.15) is 0 Å². The van der Waals surface area contributed by atoms with Gasteiger partial charge >= 0.3 is 0 Å². The summed E-state index contributed by atoms with van der Waals surface area (Å²) in [5.41, 5.74) is 0.424. The van der Waals surface area contributed by atoms with Gasteiger partial charge in [0.15, 0.2) is 0 Å². The lowest BCUT2D eigenvalue weighted by Gasteiger charge is -2.29. The number of thiazole rings is 1. The van der Waals surface area contributed by atoms with Crippen molar-refractivity contribution in [2.45, 2.75) is 39.5 Å². The Balaban J connectivity index is 1.92. The molecule has 0 bridgehead atoms. The molecule has 2 rings (SSSR count). The van der Waals surface area contributed by atoms with Crippen molar-refractivity contribution in [1.82, 2.24) is 10.3 Å². The molecular weight excluding hydrogens is 216 g/mol. The normalized spacial score (nSPS) is 19.6. The fraction of sp³-hybridized carbons (Fsp3) is 0.769. The third kappa shape index (κ3) is 3.05. The predicted octanol–water partition coefficient (Wildman–Crippen LogP) is 3.10. The van der Waals surface area contributed by atoms with E-state index in [2.05, 4.69) is 29.5 Å². The Morgan fingerprint density at radius 2 is 2.38 bits per heavy atom. The summed E-state index contributed by atoms with van der Waals surface area (Å²) >= 11 is 1.80. The summed E-state index contributed by atoms with van der Waals surface area (Å²) in [5.74, 6) is 0.917. The highest BCUT2D eigenvalue weighted by molar-refractivity contribution is 7.09. The van der Waals surface area contributed by atoms with Crippen molar-refractivity contribution >= 4 is 11.3 Å². The van der Waals surface area contributed by atoms with Crippen LogP contribution in [0.2, 0.25) is 0 Å². The van der Waals surface area contributed by atoms with Crippen molar-refractivity contribution in [2.75, 3.05) is 13.1 Å². The lowest BCUT2D eigenvalue weighted by atomic mass is 9.81. The molecule has 1 aromatic heterocycles. The van der Waals surface area contributed by atoms with Crippen LogP contribution in [-0.4, -0.2) is 18.1 Å². The van der Waals surface area contributed by atoms with E-state index in [-0.39, 0.29) is 0 Å². The van der Waals surface area contributed by atoms with Crippen molar-refractivity contribution in [3.05, 3.63) is 16.6 Å². The van der Waals surface area contributed by atoms with Gasteiger partial charge in [-0.1, -0.05) is 13.8 Å². The molecule has 1 atom stereocenters. The fourth-order valence-electron chi connectivity index (χ4n) is 2.37. The Labute approximate surface area is 102 Å². The Kier molecular flexibility index (Phi) is 3.98. The number of nitrogens with zero attached hydrogens (tertiary/aromatic N) is 1. The van der Waals surface area contributed by atoms with Crippen molar-refractivity contribution < 1.29 is 0 Å². The van der Waals surface area contributed by atoms with Crippen LogP contribution < -0.4 is 5.32 Å². The van der Waals surface area contributed by atoms with Crippen molar-refractivity contribution in [3.8, 4) is 0 Å². The summed E-state index contributed by atoms with van der Waals surface area (Å²) in [4.78, 5) is 4.43. The van der Waals surface area contributed by atoms with E-state index in [1.807, 2.05) is 6.20 Å². The van der Waals surface area contributed by atoms with Gasteiger partial charge in [-0.15, -0.1) is 11.3 Å². The molecule has 0 aliphatic heterocycles. The maximum atomic E-state index is 4.43. The molecule has 2 nitrogen and oxygen atoms in total. The molecule has 0 amide bonds. The van der Waals surface area contributed by atoms with E-state index in [0.29, 0.717) is 5.41 Å². The zero-order chi connectivity index (χ0) is 11.4. The molecular formula is C13H22N2S. The van der Waals surface area contributed by atoms with Crippen LogP contribution in [0.4, 0.5) is 0 Å². The van der Waals surface area contributed by atoms with Crippen molar-refractivity contribution in [2.24, 2.45) is 11.3 Å². The van der Waals surface area contributed by atoms with E-state index in [1.165, 1.54) is 24.3 Å². The maximum Gasteiger partial charge on any atom is 0.0930 e. The average Bonchev–Trinajstić information content (AvgIpc) is 3.01. The average molecular weight is 238 g/mol. The molecule has 90 valence electrons. The molecule has 1 aliphatic carbocycles. The van der Waals surface area contributed by atoms with Crippen LogP contribution in [0.5, 0.6) is 0 Å². The van der Waals surface area contributed by atoms with Crippen molar-refractivity contribution in [3.63, 3.8) is 0 Å². The minimum atomic E-state index is 0.424. The second-order valence-corrected chi connectivity index (χ2v) is 6.19. The van der Waals surface area contributed by atoms with Crippen LogP contribution in [-0.2, 0) is 6.42 Å². The van der Waals surface area contributed by atoms with Gasteiger partial charge in [0.1, 0.15) is 0 Å². The van der Waals surface area contributed by atoms with Gasteiger partial charge in [-0.05, 0) is 37.1 Å². The molecule has 0 radical (unpaired) electrons. The first kappa shape index (κ1) is 12.1. The largest absolute Gasteiger partial charge is 0.316 e. The van der Waals surface area contributed by atoms with Crippen LogP contribution in [0, 0.1) is 11.3 Å². The summed E-state index contributed by atoms with van der Waals surface area (Å²) < 4.78 is 0. The zero-order valence-electron chi connectivity index (χ0n) is 10.3. The molecule has 1 heterocycles. The van der Waals surface area contributed by atoms with Gasteiger partial charge in [0.25, 0.3) is 0 Å². The third-order valence-corrected chi connectivity index (χ3v) is 4.34. The van der Waals surface area contributed by atoms with Crippen LogP contribution in [0.1, 0.15) is 38.1 Å². The molecule has 1 aromatic rings. The van der Waals surface area contributed by atoms with Crippen LogP contribution >= 0.6 is 11.3 Å². The van der Waals surface area contributed by atoms with Crippen LogP contribution in [0.25, 0.3) is 0 Å². The molecule has 0 spiro atoms. The number of hydrogen-bond acceptors (Lipinski definition) is 3. The monoisotopic (exact) mass is 238 g/mol. The summed E-state index contributed by atoms with van der Waals surface area (Å²) in [6, 6.07) is 0. The molecule has 0 aromatic carbocycles. The molecule has 1 unspecified atom stereocenters. The number of aromatic nitrogens is 1. The molecule has 16 heavy (non-hydrogen) atoms. The first-order valence-electron chi connectivity index (χ1n) is 6.34. The first-order valence-corrected chi connectivity index (χ1v) is 7.21. The quantitative estimate of drug-likeness (QED) is 0.738. The minimum Gasteiger partial charge on any atom is -0.316 e. The van der Waals surface area contributed by atoms with Gasteiger partial charge < -0.3 is 5.32 Å². The Hall–Kier alpha value is -0.410. The lowest BCUT2D eigenvalue weighted by molar-refractivity contribution is 0.256. The highest BCUT2D eigenvalue weighted by Gasteiger charge is 2.41. The number of rotatable bonds is 7. The Morgan fingerprint density at radius 3 is 2.94 bits per heavy atom. The lowest BCUT2D eigenvalue weighted by Crippen LogP contribution is -2.36. The van der Waals surface area contributed by atoms with E-state index in [1.54, 1.807) is 11.3 Å². The second kappa shape index (κ2) is 5.28. The first-order chi connectivity index (χ1) is 7.74. The van der Waals surface area contributed by atoms with Crippen LogP contribution in [0.3, 0.4) is 0 Å². The van der Waals surface area contributed by atoms with Crippen LogP contribution in [0.15, 0.2) is 11.6 Å². The minimum absolute atomic E-state index is 0.424. The van der Waals surface area contributed by atoms with E-state index >= 15 is 0 Å². The standard InChI is InChI=1S/C13H22N2S/c1-3-6-14-10-13(2,11-4-5-11)9-12-15-7-8-16-12/h7-8,11,14H,3-6,9-10H2,1-2H3. The zero-order valence-corrected chi connectivity index (χ0v) is 11.1. The Morgan fingerprint density at radius 1 is 1.56 bits per heavy atom. The van der Waals surface area contributed by atoms with E-state index in [9.17, 15) is 0 Å². The molecule has 1 fully saturated rings. The summed E-state index contributed by atoms with van der Waals surface area (Å²) in [5, 5.41) is 6.97. The molecule has 1 N–H and O–H groups in total. The van der Waals surface area contributed by atoms with E-state index in [0.717, 1.165) is 25.4 Å². The van der Waals surface area contributed by atoms with Gasteiger partial charge in [0.05, 0.1) is 5.01 Å². The second-order valence-electron chi connectivity index (χ2n) is 5.21. The van der Waals surface area contributed by atoms with E-state index < -0.39 is 0 Å². The van der Waals surface area contributed by atoms with Gasteiger partial charge in [0, 0.05) is 24.5 Å².